The third-order valence-corrected chi connectivity index (χ3v) is 3.84. The van der Waals surface area contributed by atoms with Crippen LogP contribution in [0.3, 0.4) is 0 Å². The van der Waals surface area contributed by atoms with Gasteiger partial charge in [-0.25, -0.2) is 0 Å². The molecule has 20 heavy (non-hydrogen) atoms. The molecule has 0 bridgehead atoms. The molecule has 116 valence electrons. The van der Waals surface area contributed by atoms with E-state index in [0.717, 1.165) is 32.2 Å². The first-order valence-corrected chi connectivity index (χ1v) is 7.78. The number of hydrogen-bond acceptors (Lipinski definition) is 4. The molecule has 0 unspecified atom stereocenters. The number of amides is 1. The predicted molar refractivity (Wildman–Crippen MR) is 78.3 cm³/mol. The Morgan fingerprint density at radius 2 is 2.00 bits per heavy atom. The zero-order chi connectivity index (χ0) is 15.0. The first-order chi connectivity index (χ1) is 9.60. The van der Waals surface area contributed by atoms with Gasteiger partial charge in [-0.15, -0.1) is 0 Å². The number of likely N-dealkylation sites (tertiary alicyclic amines) is 1. The summed E-state index contributed by atoms with van der Waals surface area (Å²) >= 11 is 0. The third-order valence-electron chi connectivity index (χ3n) is 3.84. The van der Waals surface area contributed by atoms with Gasteiger partial charge in [-0.05, 0) is 39.2 Å². The standard InChI is InChI=1S/C15H28N2O3/c1-4-13(5-2)16-14(18)11-17-9-7-8-12(10-17)15(19)20-6-3/h12-13H,4-11H2,1-3H3,(H,16,18)/t12-/m1/s1. The van der Waals surface area contributed by atoms with Gasteiger partial charge in [0.1, 0.15) is 0 Å². The molecule has 1 amide bonds. The second kappa shape index (κ2) is 8.95. The summed E-state index contributed by atoms with van der Waals surface area (Å²) in [7, 11) is 0. The van der Waals surface area contributed by atoms with E-state index in [1.807, 2.05) is 6.92 Å². The highest BCUT2D eigenvalue weighted by atomic mass is 16.5. The topological polar surface area (TPSA) is 58.6 Å². The Kier molecular flexibility index (Phi) is 7.59. The van der Waals surface area contributed by atoms with Crippen molar-refractivity contribution in [3.63, 3.8) is 0 Å². The maximum Gasteiger partial charge on any atom is 0.310 e. The number of rotatable bonds is 7. The molecule has 0 aromatic heterocycles. The summed E-state index contributed by atoms with van der Waals surface area (Å²) in [6.07, 6.45) is 3.71. The quantitative estimate of drug-likeness (QED) is 0.721. The van der Waals surface area contributed by atoms with E-state index < -0.39 is 0 Å². The third kappa shape index (κ3) is 5.49. The van der Waals surface area contributed by atoms with E-state index in [1.54, 1.807) is 0 Å². The molecule has 1 rings (SSSR count). The number of hydrogen-bond donors (Lipinski definition) is 1. The van der Waals surface area contributed by atoms with E-state index in [-0.39, 0.29) is 23.8 Å². The van der Waals surface area contributed by atoms with Crippen molar-refractivity contribution in [2.75, 3.05) is 26.2 Å². The van der Waals surface area contributed by atoms with E-state index in [2.05, 4.69) is 24.1 Å². The van der Waals surface area contributed by atoms with Gasteiger partial charge in [-0.1, -0.05) is 13.8 Å². The largest absolute Gasteiger partial charge is 0.466 e. The number of nitrogens with one attached hydrogen (secondary N) is 1. The van der Waals surface area contributed by atoms with Crippen LogP contribution in [0.2, 0.25) is 0 Å². The van der Waals surface area contributed by atoms with Crippen molar-refractivity contribution < 1.29 is 14.3 Å². The number of carbonyl (C=O) groups excluding carboxylic acids is 2. The monoisotopic (exact) mass is 284 g/mol. The second-order valence-corrected chi connectivity index (χ2v) is 5.41. The molecule has 1 N–H and O–H groups in total. The zero-order valence-electron chi connectivity index (χ0n) is 13.0. The maximum absolute atomic E-state index is 12.0. The van der Waals surface area contributed by atoms with Crippen molar-refractivity contribution >= 4 is 11.9 Å². The highest BCUT2D eigenvalue weighted by Gasteiger charge is 2.27. The van der Waals surface area contributed by atoms with Gasteiger partial charge >= 0.3 is 5.97 Å². The fourth-order valence-corrected chi connectivity index (χ4v) is 2.62. The van der Waals surface area contributed by atoms with Gasteiger partial charge in [-0.2, -0.15) is 0 Å². The summed E-state index contributed by atoms with van der Waals surface area (Å²) in [5.74, 6) is -0.148. The normalized spacial score (nSPS) is 19.9. The summed E-state index contributed by atoms with van der Waals surface area (Å²) in [5, 5.41) is 3.04. The number of carbonyl (C=O) groups is 2. The van der Waals surface area contributed by atoms with Gasteiger partial charge in [-0.3, -0.25) is 14.5 Å². The summed E-state index contributed by atoms with van der Waals surface area (Å²) in [6.45, 7) is 8.29. The van der Waals surface area contributed by atoms with Crippen LogP contribution in [0.4, 0.5) is 0 Å². The Balaban J connectivity index is 2.39. The molecule has 5 nitrogen and oxygen atoms in total. The van der Waals surface area contributed by atoms with Crippen LogP contribution in [0.1, 0.15) is 46.5 Å². The lowest BCUT2D eigenvalue weighted by atomic mass is 9.98. The van der Waals surface area contributed by atoms with Gasteiger partial charge in [0.15, 0.2) is 0 Å². The second-order valence-electron chi connectivity index (χ2n) is 5.41. The summed E-state index contributed by atoms with van der Waals surface area (Å²) in [5.41, 5.74) is 0. The highest BCUT2D eigenvalue weighted by Crippen LogP contribution is 2.17. The van der Waals surface area contributed by atoms with Crippen molar-refractivity contribution in [3.8, 4) is 0 Å². The van der Waals surface area contributed by atoms with Gasteiger partial charge in [0, 0.05) is 12.6 Å². The van der Waals surface area contributed by atoms with Crippen molar-refractivity contribution in [3.05, 3.63) is 0 Å². The van der Waals surface area contributed by atoms with E-state index in [4.69, 9.17) is 4.74 Å². The van der Waals surface area contributed by atoms with E-state index in [0.29, 0.717) is 19.7 Å². The maximum atomic E-state index is 12.0. The molecule has 1 aliphatic rings. The van der Waals surface area contributed by atoms with Crippen LogP contribution in [0, 0.1) is 5.92 Å². The van der Waals surface area contributed by atoms with Gasteiger partial charge < -0.3 is 10.1 Å². The lowest BCUT2D eigenvalue weighted by Crippen LogP contribution is -2.46. The molecule has 0 aliphatic carbocycles. The summed E-state index contributed by atoms with van der Waals surface area (Å²) < 4.78 is 5.07. The molecule has 1 saturated heterocycles. The van der Waals surface area contributed by atoms with E-state index in [1.165, 1.54) is 0 Å². The van der Waals surface area contributed by atoms with Crippen LogP contribution in [0.25, 0.3) is 0 Å². The first kappa shape index (κ1) is 17.0. The molecule has 1 heterocycles. The number of esters is 1. The number of nitrogens with zero attached hydrogens (tertiary/aromatic N) is 1. The molecule has 0 aromatic carbocycles. The van der Waals surface area contributed by atoms with Crippen LogP contribution < -0.4 is 5.32 Å². The molecule has 1 aliphatic heterocycles. The molecular weight excluding hydrogens is 256 g/mol. The molecule has 0 saturated carbocycles. The van der Waals surface area contributed by atoms with Crippen LogP contribution in [0.5, 0.6) is 0 Å². The Bertz CT molecular complexity index is 316. The van der Waals surface area contributed by atoms with Crippen molar-refractivity contribution in [2.45, 2.75) is 52.5 Å². The highest BCUT2D eigenvalue weighted by molar-refractivity contribution is 5.78. The van der Waals surface area contributed by atoms with Gasteiger partial charge in [0.2, 0.25) is 5.91 Å². The Hall–Kier alpha value is -1.10. The van der Waals surface area contributed by atoms with E-state index >= 15 is 0 Å². The molecule has 1 atom stereocenters. The van der Waals surface area contributed by atoms with Crippen LogP contribution in [-0.2, 0) is 14.3 Å². The SMILES string of the molecule is CCOC(=O)[C@@H]1CCCN(CC(=O)NC(CC)CC)C1. The minimum atomic E-state index is -0.127. The average molecular weight is 284 g/mol. The molecule has 0 radical (unpaired) electrons. The van der Waals surface area contributed by atoms with E-state index in [9.17, 15) is 9.59 Å². The van der Waals surface area contributed by atoms with Gasteiger partial charge in [0.25, 0.3) is 0 Å². The lowest BCUT2D eigenvalue weighted by Gasteiger charge is -2.31. The summed E-state index contributed by atoms with van der Waals surface area (Å²) in [6, 6.07) is 0.258. The fourth-order valence-electron chi connectivity index (χ4n) is 2.62. The molecular formula is C15H28N2O3. The molecule has 0 spiro atoms. The Morgan fingerprint density at radius 3 is 2.60 bits per heavy atom. The minimum absolute atomic E-state index is 0.0585. The van der Waals surface area contributed by atoms with Crippen molar-refractivity contribution in [2.24, 2.45) is 5.92 Å². The lowest BCUT2D eigenvalue weighted by molar-refractivity contribution is -0.150. The van der Waals surface area contributed by atoms with Crippen molar-refractivity contribution in [1.82, 2.24) is 10.2 Å². The first-order valence-electron chi connectivity index (χ1n) is 7.78. The van der Waals surface area contributed by atoms with Crippen LogP contribution in [0.15, 0.2) is 0 Å². The minimum Gasteiger partial charge on any atom is -0.466 e. The Labute approximate surface area is 122 Å². The summed E-state index contributed by atoms with van der Waals surface area (Å²) in [4.78, 5) is 25.8. The Morgan fingerprint density at radius 1 is 1.30 bits per heavy atom. The van der Waals surface area contributed by atoms with Crippen molar-refractivity contribution in [1.29, 1.82) is 0 Å². The number of ether oxygens (including phenoxy) is 1. The molecule has 1 fully saturated rings. The van der Waals surface area contributed by atoms with Crippen LogP contribution >= 0.6 is 0 Å². The number of piperidine rings is 1. The average Bonchev–Trinajstić information content (AvgIpc) is 2.45. The smallest absolute Gasteiger partial charge is 0.310 e. The predicted octanol–water partition coefficient (Wildman–Crippen LogP) is 1.57. The zero-order valence-corrected chi connectivity index (χ0v) is 13.0. The molecule has 0 aromatic rings. The van der Waals surface area contributed by atoms with Gasteiger partial charge in [0.05, 0.1) is 19.1 Å². The van der Waals surface area contributed by atoms with Crippen LogP contribution in [-0.4, -0.2) is 49.1 Å². The molecule has 5 heteroatoms. The fraction of sp³-hybridized carbons (Fsp3) is 0.867.